The molecular formula is C19H21FN6O2. The molecule has 1 aromatic carbocycles. The van der Waals surface area contributed by atoms with Crippen molar-refractivity contribution in [3.05, 3.63) is 41.6 Å². The first-order valence-corrected chi connectivity index (χ1v) is 9.02. The molecule has 4 N–H and O–H groups in total. The van der Waals surface area contributed by atoms with Gasteiger partial charge in [-0.2, -0.15) is 5.10 Å². The number of rotatable bonds is 5. The number of morpholine rings is 1. The summed E-state index contributed by atoms with van der Waals surface area (Å²) in [6.45, 7) is 3.43. The van der Waals surface area contributed by atoms with Gasteiger partial charge >= 0.3 is 0 Å². The quantitative estimate of drug-likeness (QED) is 0.503. The maximum atomic E-state index is 14.2. The molecule has 28 heavy (non-hydrogen) atoms. The maximum Gasteiger partial charge on any atom is 0.151 e. The molecule has 0 spiro atoms. The standard InChI is InChI=1S/C19H21FN6O2/c20-14-9-12(1-2-15(14)21)17-13(3-6-27)16(10-25-4-7-28-8-5-25)26-18(17)19(22)23-11-24-26/h1-2,6,9,11H,3-5,7-8,10,21H2,(H2,22,23,24). The molecule has 3 aromatic rings. The number of nitrogen functional groups attached to an aromatic ring is 2. The van der Waals surface area contributed by atoms with Crippen LogP contribution in [0.3, 0.4) is 0 Å². The number of nitrogens with zero attached hydrogens (tertiary/aromatic N) is 4. The van der Waals surface area contributed by atoms with Gasteiger partial charge < -0.3 is 21.0 Å². The van der Waals surface area contributed by atoms with Crippen molar-refractivity contribution in [3.8, 4) is 11.1 Å². The number of anilines is 2. The van der Waals surface area contributed by atoms with Crippen LogP contribution in [0.2, 0.25) is 0 Å². The third kappa shape index (κ3) is 3.19. The Hall–Kier alpha value is -3.04. The zero-order valence-electron chi connectivity index (χ0n) is 15.3. The summed E-state index contributed by atoms with van der Waals surface area (Å²) in [4.78, 5) is 17.8. The zero-order chi connectivity index (χ0) is 19.7. The van der Waals surface area contributed by atoms with E-state index < -0.39 is 5.82 Å². The van der Waals surface area contributed by atoms with Gasteiger partial charge in [0.2, 0.25) is 0 Å². The second kappa shape index (κ2) is 7.53. The minimum absolute atomic E-state index is 0.0574. The molecule has 2 aromatic heterocycles. The van der Waals surface area contributed by atoms with Gasteiger partial charge in [-0.1, -0.05) is 6.07 Å². The fraction of sp³-hybridized carbons (Fsp3) is 0.316. The molecule has 0 radical (unpaired) electrons. The summed E-state index contributed by atoms with van der Waals surface area (Å²) < 4.78 is 21.3. The highest BCUT2D eigenvalue weighted by Crippen LogP contribution is 2.36. The minimum Gasteiger partial charge on any atom is -0.396 e. The SMILES string of the molecule is Nc1ccc(-c2c(CC=O)c(CN3CCOCC3)n3ncnc(N)c23)cc1F. The van der Waals surface area contributed by atoms with Crippen LogP contribution < -0.4 is 11.5 Å². The van der Waals surface area contributed by atoms with Gasteiger partial charge in [0, 0.05) is 31.6 Å². The molecule has 0 amide bonds. The number of hydrogen-bond acceptors (Lipinski definition) is 7. The predicted octanol–water partition coefficient (Wildman–Crippen LogP) is 1.27. The van der Waals surface area contributed by atoms with Crippen molar-refractivity contribution < 1.29 is 13.9 Å². The van der Waals surface area contributed by atoms with Crippen molar-refractivity contribution in [2.75, 3.05) is 37.8 Å². The number of aldehydes is 1. The molecule has 0 bridgehead atoms. The summed E-state index contributed by atoms with van der Waals surface area (Å²) in [5.41, 5.74) is 15.3. The van der Waals surface area contributed by atoms with Crippen molar-refractivity contribution in [2.24, 2.45) is 0 Å². The van der Waals surface area contributed by atoms with Crippen molar-refractivity contribution in [1.82, 2.24) is 19.5 Å². The number of hydrogen-bond donors (Lipinski definition) is 2. The minimum atomic E-state index is -0.529. The van der Waals surface area contributed by atoms with Crippen LogP contribution in [0, 0.1) is 5.82 Å². The number of carbonyl (C=O) groups excluding carboxylic acids is 1. The first-order valence-electron chi connectivity index (χ1n) is 9.02. The lowest BCUT2D eigenvalue weighted by Crippen LogP contribution is -2.36. The van der Waals surface area contributed by atoms with Crippen LogP contribution in [-0.4, -0.2) is 52.1 Å². The smallest absolute Gasteiger partial charge is 0.151 e. The Labute approximate surface area is 160 Å². The normalized spacial score (nSPS) is 15.2. The van der Waals surface area contributed by atoms with E-state index in [0.717, 1.165) is 30.6 Å². The third-order valence-electron chi connectivity index (χ3n) is 5.01. The molecule has 0 atom stereocenters. The summed E-state index contributed by atoms with van der Waals surface area (Å²) in [6.07, 6.45) is 2.37. The van der Waals surface area contributed by atoms with Crippen LogP contribution in [0.25, 0.3) is 16.6 Å². The van der Waals surface area contributed by atoms with Crippen molar-refractivity contribution in [1.29, 1.82) is 0 Å². The molecule has 9 heteroatoms. The van der Waals surface area contributed by atoms with E-state index in [1.54, 1.807) is 10.6 Å². The summed E-state index contributed by atoms with van der Waals surface area (Å²) >= 11 is 0. The third-order valence-corrected chi connectivity index (χ3v) is 5.01. The molecule has 1 aliphatic heterocycles. The fourth-order valence-electron chi connectivity index (χ4n) is 3.65. The lowest BCUT2D eigenvalue weighted by atomic mass is 9.98. The van der Waals surface area contributed by atoms with Crippen molar-refractivity contribution in [2.45, 2.75) is 13.0 Å². The molecule has 1 fully saturated rings. The number of carbonyl (C=O) groups is 1. The largest absolute Gasteiger partial charge is 0.396 e. The number of aromatic nitrogens is 3. The van der Waals surface area contributed by atoms with Gasteiger partial charge in [0.25, 0.3) is 0 Å². The number of fused-ring (bicyclic) bond motifs is 1. The maximum absolute atomic E-state index is 14.2. The molecule has 0 aliphatic carbocycles. The molecule has 4 rings (SSSR count). The van der Waals surface area contributed by atoms with E-state index >= 15 is 0 Å². The van der Waals surface area contributed by atoms with E-state index in [2.05, 4.69) is 15.0 Å². The topological polar surface area (TPSA) is 112 Å². The van der Waals surface area contributed by atoms with Gasteiger partial charge in [-0.3, -0.25) is 4.90 Å². The average molecular weight is 384 g/mol. The monoisotopic (exact) mass is 384 g/mol. The molecule has 8 nitrogen and oxygen atoms in total. The highest BCUT2D eigenvalue weighted by Gasteiger charge is 2.25. The number of benzene rings is 1. The van der Waals surface area contributed by atoms with Crippen molar-refractivity contribution in [3.63, 3.8) is 0 Å². The Morgan fingerprint density at radius 1 is 1.25 bits per heavy atom. The van der Waals surface area contributed by atoms with Crippen LogP contribution in [0.1, 0.15) is 11.3 Å². The first-order chi connectivity index (χ1) is 13.6. The van der Waals surface area contributed by atoms with Gasteiger partial charge in [0.15, 0.2) is 5.82 Å². The molecule has 0 unspecified atom stereocenters. The van der Waals surface area contributed by atoms with Gasteiger partial charge in [-0.05, 0) is 23.3 Å². The molecule has 1 saturated heterocycles. The summed E-state index contributed by atoms with van der Waals surface area (Å²) in [5, 5.41) is 4.37. The number of ether oxygens (including phenoxy) is 1. The average Bonchev–Trinajstić information content (AvgIpc) is 3.00. The Bertz CT molecular complexity index is 1030. The van der Waals surface area contributed by atoms with Crippen molar-refractivity contribution >= 4 is 23.3 Å². The Kier molecular flexibility index (Phi) is 4.93. The van der Waals surface area contributed by atoms with E-state index in [9.17, 15) is 9.18 Å². The van der Waals surface area contributed by atoms with Crippen LogP contribution in [0.15, 0.2) is 24.5 Å². The van der Waals surface area contributed by atoms with E-state index in [4.69, 9.17) is 16.2 Å². The number of nitrogens with two attached hydrogens (primary N) is 2. The Morgan fingerprint density at radius 3 is 2.75 bits per heavy atom. The molecule has 1 aliphatic rings. The Balaban J connectivity index is 1.95. The van der Waals surface area contributed by atoms with Gasteiger partial charge in [-0.15, -0.1) is 0 Å². The lowest BCUT2D eigenvalue weighted by molar-refractivity contribution is -0.107. The predicted molar refractivity (Wildman–Crippen MR) is 103 cm³/mol. The summed E-state index contributed by atoms with van der Waals surface area (Å²) in [6, 6.07) is 4.57. The second-order valence-corrected chi connectivity index (χ2v) is 6.70. The summed E-state index contributed by atoms with van der Waals surface area (Å²) in [7, 11) is 0. The van der Waals surface area contributed by atoms with E-state index in [0.29, 0.717) is 36.4 Å². The molecular weight excluding hydrogens is 363 g/mol. The van der Waals surface area contributed by atoms with Gasteiger partial charge in [0.05, 0.1) is 24.6 Å². The van der Waals surface area contributed by atoms with E-state index in [-0.39, 0.29) is 17.9 Å². The summed E-state index contributed by atoms with van der Waals surface area (Å²) in [5.74, 6) is -0.262. The highest BCUT2D eigenvalue weighted by molar-refractivity contribution is 5.92. The first kappa shape index (κ1) is 18.3. The Morgan fingerprint density at radius 2 is 2.04 bits per heavy atom. The number of halogens is 1. The van der Waals surface area contributed by atoms with Gasteiger partial charge in [-0.25, -0.2) is 13.9 Å². The fourth-order valence-corrected chi connectivity index (χ4v) is 3.65. The zero-order valence-corrected chi connectivity index (χ0v) is 15.3. The van der Waals surface area contributed by atoms with Crippen LogP contribution >= 0.6 is 0 Å². The van der Waals surface area contributed by atoms with E-state index in [1.165, 1.54) is 18.5 Å². The molecule has 146 valence electrons. The van der Waals surface area contributed by atoms with E-state index in [1.807, 2.05) is 0 Å². The second-order valence-electron chi connectivity index (χ2n) is 6.70. The van der Waals surface area contributed by atoms with Gasteiger partial charge in [0.1, 0.15) is 23.9 Å². The highest BCUT2D eigenvalue weighted by atomic mass is 19.1. The lowest BCUT2D eigenvalue weighted by Gasteiger charge is -2.26. The molecule has 0 saturated carbocycles. The molecule has 3 heterocycles. The van der Waals surface area contributed by atoms with Crippen LogP contribution in [0.4, 0.5) is 15.9 Å². The van der Waals surface area contributed by atoms with Crippen LogP contribution in [-0.2, 0) is 22.5 Å². The van der Waals surface area contributed by atoms with Crippen LogP contribution in [0.5, 0.6) is 0 Å².